The molecular weight excluding hydrogens is 356 g/mol. The van der Waals surface area contributed by atoms with E-state index in [1.807, 2.05) is 4.90 Å². The fraction of sp³-hybridized carbons (Fsp3) is 0.316. The number of halogens is 2. The number of anilines is 2. The molecule has 6 nitrogen and oxygen atoms in total. The van der Waals surface area contributed by atoms with Gasteiger partial charge in [0.2, 0.25) is 0 Å². The normalized spacial score (nSPS) is 16.9. The largest absolute Gasteiger partial charge is 0.366 e. The zero-order valence-electron chi connectivity index (χ0n) is 14.7. The van der Waals surface area contributed by atoms with Crippen LogP contribution < -0.4 is 10.2 Å². The van der Waals surface area contributed by atoms with E-state index in [4.69, 9.17) is 0 Å². The minimum absolute atomic E-state index is 0.0653. The molecule has 0 aliphatic carbocycles. The molecule has 0 unspecified atom stereocenters. The van der Waals surface area contributed by atoms with E-state index in [-0.39, 0.29) is 16.9 Å². The van der Waals surface area contributed by atoms with Crippen LogP contribution in [0.1, 0.15) is 30.1 Å². The van der Waals surface area contributed by atoms with Crippen molar-refractivity contribution in [1.29, 1.82) is 0 Å². The first-order valence-corrected chi connectivity index (χ1v) is 8.65. The van der Waals surface area contributed by atoms with Crippen molar-refractivity contribution in [1.82, 2.24) is 0 Å². The molecule has 142 valence electrons. The maximum absolute atomic E-state index is 13.3. The SMILES string of the molecule is C[C@H]1CCCN(c2ccc(C(=O)Nc3ccc(F)c(F)c3)cc2[N+](=O)[O-])C1. The van der Waals surface area contributed by atoms with Crippen LogP contribution in [0.3, 0.4) is 0 Å². The molecule has 1 N–H and O–H groups in total. The highest BCUT2D eigenvalue weighted by Crippen LogP contribution is 2.32. The number of hydrogen-bond acceptors (Lipinski definition) is 4. The summed E-state index contributed by atoms with van der Waals surface area (Å²) in [6, 6.07) is 7.24. The fourth-order valence-corrected chi connectivity index (χ4v) is 3.26. The van der Waals surface area contributed by atoms with Gasteiger partial charge in [0.1, 0.15) is 5.69 Å². The van der Waals surface area contributed by atoms with E-state index < -0.39 is 22.5 Å². The first-order chi connectivity index (χ1) is 12.8. The topological polar surface area (TPSA) is 75.5 Å². The molecule has 0 bridgehead atoms. The number of nitro benzene ring substituents is 1. The van der Waals surface area contributed by atoms with E-state index in [1.54, 1.807) is 6.07 Å². The van der Waals surface area contributed by atoms with E-state index >= 15 is 0 Å². The molecule has 0 radical (unpaired) electrons. The number of benzene rings is 2. The van der Waals surface area contributed by atoms with Gasteiger partial charge in [-0.1, -0.05) is 6.92 Å². The van der Waals surface area contributed by atoms with Crippen LogP contribution in [-0.4, -0.2) is 23.9 Å². The summed E-state index contributed by atoms with van der Waals surface area (Å²) in [5.74, 6) is -2.31. The summed E-state index contributed by atoms with van der Waals surface area (Å²) in [7, 11) is 0. The van der Waals surface area contributed by atoms with Crippen molar-refractivity contribution in [3.05, 3.63) is 63.7 Å². The molecule has 1 fully saturated rings. The Balaban J connectivity index is 1.85. The van der Waals surface area contributed by atoms with Crippen molar-refractivity contribution in [3.63, 3.8) is 0 Å². The zero-order chi connectivity index (χ0) is 19.6. The minimum Gasteiger partial charge on any atom is -0.366 e. The quantitative estimate of drug-likeness (QED) is 0.636. The summed E-state index contributed by atoms with van der Waals surface area (Å²) in [5, 5.41) is 13.9. The van der Waals surface area contributed by atoms with Gasteiger partial charge in [-0.05, 0) is 43.0 Å². The predicted octanol–water partition coefficient (Wildman–Crippen LogP) is 4.36. The van der Waals surface area contributed by atoms with Crippen LogP contribution in [-0.2, 0) is 0 Å². The van der Waals surface area contributed by atoms with E-state index in [9.17, 15) is 23.7 Å². The molecule has 1 amide bonds. The summed E-state index contributed by atoms with van der Waals surface area (Å²) < 4.78 is 26.3. The van der Waals surface area contributed by atoms with Gasteiger partial charge in [0, 0.05) is 36.5 Å². The number of nitrogens with zero attached hydrogens (tertiary/aromatic N) is 2. The van der Waals surface area contributed by atoms with E-state index in [0.29, 0.717) is 11.6 Å². The average molecular weight is 375 g/mol. The third kappa shape index (κ3) is 4.21. The van der Waals surface area contributed by atoms with Gasteiger partial charge in [-0.3, -0.25) is 14.9 Å². The van der Waals surface area contributed by atoms with E-state index in [2.05, 4.69) is 12.2 Å². The Kier molecular flexibility index (Phi) is 5.34. The maximum Gasteiger partial charge on any atom is 0.293 e. The summed E-state index contributed by atoms with van der Waals surface area (Å²) in [4.78, 5) is 25.3. The Hall–Kier alpha value is -3.03. The van der Waals surface area contributed by atoms with Crippen molar-refractivity contribution < 1.29 is 18.5 Å². The van der Waals surface area contributed by atoms with Crippen LogP contribution in [0.5, 0.6) is 0 Å². The molecule has 0 saturated carbocycles. The number of carbonyl (C=O) groups is 1. The molecule has 2 aromatic carbocycles. The van der Waals surface area contributed by atoms with Crippen LogP contribution in [0.15, 0.2) is 36.4 Å². The summed E-state index contributed by atoms with van der Waals surface area (Å²) in [6.07, 6.45) is 2.04. The monoisotopic (exact) mass is 375 g/mol. The molecule has 8 heteroatoms. The van der Waals surface area contributed by atoms with Crippen molar-refractivity contribution >= 4 is 23.0 Å². The number of nitro groups is 1. The first-order valence-electron chi connectivity index (χ1n) is 8.65. The van der Waals surface area contributed by atoms with Crippen molar-refractivity contribution in [2.45, 2.75) is 19.8 Å². The van der Waals surface area contributed by atoms with Crippen LogP contribution in [0.2, 0.25) is 0 Å². The Bertz CT molecular complexity index is 888. The van der Waals surface area contributed by atoms with Crippen molar-refractivity contribution in [2.75, 3.05) is 23.3 Å². The number of piperidine rings is 1. The standard InChI is InChI=1S/C19H19F2N3O3/c1-12-3-2-8-23(11-12)17-7-4-13(9-18(17)24(26)27)19(25)22-14-5-6-15(20)16(21)10-14/h4-7,9-10,12H,2-3,8,11H2,1H3,(H,22,25)/t12-/m0/s1. The second-order valence-electron chi connectivity index (χ2n) is 6.74. The van der Waals surface area contributed by atoms with Crippen LogP contribution in [0, 0.1) is 27.7 Å². The number of rotatable bonds is 4. The Morgan fingerprint density at radius 1 is 1.22 bits per heavy atom. The number of hydrogen-bond donors (Lipinski definition) is 1. The van der Waals surface area contributed by atoms with Gasteiger partial charge in [-0.2, -0.15) is 0 Å². The average Bonchev–Trinajstić information content (AvgIpc) is 2.64. The summed E-state index contributed by atoms with van der Waals surface area (Å²) >= 11 is 0. The van der Waals surface area contributed by atoms with Gasteiger partial charge in [-0.25, -0.2) is 8.78 Å². The second-order valence-corrected chi connectivity index (χ2v) is 6.74. The van der Waals surface area contributed by atoms with Gasteiger partial charge in [0.05, 0.1) is 4.92 Å². The molecule has 1 heterocycles. The molecule has 1 saturated heterocycles. The second kappa shape index (κ2) is 7.69. The Labute approximate surface area is 154 Å². The van der Waals surface area contributed by atoms with E-state index in [1.165, 1.54) is 18.2 Å². The van der Waals surface area contributed by atoms with E-state index in [0.717, 1.165) is 38.1 Å². The maximum atomic E-state index is 13.3. The number of amides is 1. The lowest BCUT2D eigenvalue weighted by molar-refractivity contribution is -0.384. The number of nitrogens with one attached hydrogen (secondary N) is 1. The molecule has 1 aliphatic rings. The lowest BCUT2D eigenvalue weighted by atomic mass is 9.99. The summed E-state index contributed by atoms with van der Waals surface area (Å²) in [6.45, 7) is 3.55. The highest BCUT2D eigenvalue weighted by atomic mass is 19.2. The molecule has 1 aliphatic heterocycles. The zero-order valence-corrected chi connectivity index (χ0v) is 14.7. The Morgan fingerprint density at radius 3 is 2.67 bits per heavy atom. The van der Waals surface area contributed by atoms with Gasteiger partial charge >= 0.3 is 0 Å². The third-order valence-corrected chi connectivity index (χ3v) is 4.61. The van der Waals surface area contributed by atoms with Crippen molar-refractivity contribution in [3.8, 4) is 0 Å². The van der Waals surface area contributed by atoms with Crippen LogP contribution in [0.25, 0.3) is 0 Å². The molecule has 2 aromatic rings. The smallest absolute Gasteiger partial charge is 0.293 e. The minimum atomic E-state index is -1.09. The lowest BCUT2D eigenvalue weighted by Crippen LogP contribution is -2.34. The lowest BCUT2D eigenvalue weighted by Gasteiger charge is -2.32. The molecule has 3 rings (SSSR count). The van der Waals surface area contributed by atoms with Crippen LogP contribution >= 0.6 is 0 Å². The fourth-order valence-electron chi connectivity index (χ4n) is 3.26. The predicted molar refractivity (Wildman–Crippen MR) is 98.0 cm³/mol. The highest BCUT2D eigenvalue weighted by molar-refractivity contribution is 6.05. The number of carbonyl (C=O) groups excluding carboxylic acids is 1. The first kappa shape index (κ1) is 18.8. The third-order valence-electron chi connectivity index (χ3n) is 4.61. The Morgan fingerprint density at radius 2 is 2.00 bits per heavy atom. The van der Waals surface area contributed by atoms with Gasteiger partial charge in [-0.15, -0.1) is 0 Å². The highest BCUT2D eigenvalue weighted by Gasteiger charge is 2.25. The molecule has 0 spiro atoms. The molecule has 27 heavy (non-hydrogen) atoms. The van der Waals surface area contributed by atoms with Gasteiger partial charge in [0.15, 0.2) is 11.6 Å². The molecule has 0 aromatic heterocycles. The summed E-state index contributed by atoms with van der Waals surface area (Å²) in [5.41, 5.74) is 0.466. The van der Waals surface area contributed by atoms with Gasteiger partial charge < -0.3 is 10.2 Å². The van der Waals surface area contributed by atoms with Crippen LogP contribution in [0.4, 0.5) is 25.8 Å². The van der Waals surface area contributed by atoms with Crippen molar-refractivity contribution in [2.24, 2.45) is 5.92 Å². The molecule has 1 atom stereocenters. The van der Waals surface area contributed by atoms with Gasteiger partial charge in [0.25, 0.3) is 11.6 Å². The molecular formula is C19H19F2N3O3.